The lowest BCUT2D eigenvalue weighted by atomic mass is 10.1. The maximum absolute atomic E-state index is 12.9. The average Bonchev–Trinajstić information content (AvgIpc) is 2.92. The van der Waals surface area contributed by atoms with Crippen LogP contribution in [0.25, 0.3) is 0 Å². The smallest absolute Gasteiger partial charge is 0.254 e. The third-order valence-corrected chi connectivity index (χ3v) is 5.15. The standard InChI is InChI=1S/C18H24Cl2N2O2/c1-12-9-21(10-13(2)24-12)11-17-4-3-5-22(17)18(23)14-6-15(19)8-16(20)7-14/h6-8,12-13,17H,3-5,9-11H2,1-2H3/t12-,13+,17-/m0/s1. The Morgan fingerprint density at radius 2 is 1.79 bits per heavy atom. The van der Waals surface area contributed by atoms with Gasteiger partial charge in [0.05, 0.1) is 12.2 Å². The summed E-state index contributed by atoms with van der Waals surface area (Å²) in [5.74, 6) is 0.0243. The van der Waals surface area contributed by atoms with Gasteiger partial charge < -0.3 is 9.64 Å². The van der Waals surface area contributed by atoms with E-state index in [0.717, 1.165) is 39.0 Å². The van der Waals surface area contributed by atoms with Crippen molar-refractivity contribution in [2.24, 2.45) is 0 Å². The molecule has 2 aliphatic heterocycles. The maximum atomic E-state index is 12.9. The van der Waals surface area contributed by atoms with Crippen molar-refractivity contribution in [1.82, 2.24) is 9.80 Å². The molecule has 6 heteroatoms. The third-order valence-electron chi connectivity index (χ3n) is 4.71. The summed E-state index contributed by atoms with van der Waals surface area (Å²) in [5.41, 5.74) is 0.572. The lowest BCUT2D eigenvalue weighted by Crippen LogP contribution is -2.50. The van der Waals surface area contributed by atoms with Gasteiger partial charge in [0.15, 0.2) is 0 Å². The quantitative estimate of drug-likeness (QED) is 0.812. The van der Waals surface area contributed by atoms with Gasteiger partial charge in [-0.15, -0.1) is 0 Å². The summed E-state index contributed by atoms with van der Waals surface area (Å²) < 4.78 is 5.80. The van der Waals surface area contributed by atoms with Crippen LogP contribution in [0.2, 0.25) is 10.0 Å². The SMILES string of the molecule is C[C@@H]1CN(C[C@@H]2CCCN2C(=O)c2cc(Cl)cc(Cl)c2)C[C@H](C)O1. The van der Waals surface area contributed by atoms with Crippen molar-refractivity contribution in [1.29, 1.82) is 0 Å². The molecular formula is C18H24Cl2N2O2. The van der Waals surface area contributed by atoms with Crippen LogP contribution in [0.15, 0.2) is 18.2 Å². The van der Waals surface area contributed by atoms with Crippen molar-refractivity contribution in [3.8, 4) is 0 Å². The number of rotatable bonds is 3. The molecule has 24 heavy (non-hydrogen) atoms. The van der Waals surface area contributed by atoms with E-state index in [4.69, 9.17) is 27.9 Å². The van der Waals surface area contributed by atoms with Crippen molar-refractivity contribution in [2.45, 2.75) is 44.9 Å². The lowest BCUT2D eigenvalue weighted by Gasteiger charge is -2.38. The number of ether oxygens (including phenoxy) is 1. The number of halogens is 2. The molecule has 2 saturated heterocycles. The molecule has 2 aliphatic rings. The summed E-state index contributed by atoms with van der Waals surface area (Å²) in [6, 6.07) is 5.29. The molecule has 1 aromatic rings. The van der Waals surface area contributed by atoms with E-state index in [1.165, 1.54) is 0 Å². The number of morpholine rings is 1. The number of nitrogens with zero attached hydrogens (tertiary/aromatic N) is 2. The molecule has 1 amide bonds. The molecule has 0 aliphatic carbocycles. The van der Waals surface area contributed by atoms with Crippen molar-refractivity contribution in [3.05, 3.63) is 33.8 Å². The Balaban J connectivity index is 1.69. The van der Waals surface area contributed by atoms with Gasteiger partial charge in [0, 0.05) is 47.8 Å². The first-order chi connectivity index (χ1) is 11.4. The fraction of sp³-hybridized carbons (Fsp3) is 0.611. The molecule has 0 saturated carbocycles. The Bertz CT molecular complexity index is 580. The monoisotopic (exact) mass is 370 g/mol. The molecule has 3 rings (SSSR count). The van der Waals surface area contributed by atoms with E-state index in [-0.39, 0.29) is 24.2 Å². The Kier molecular flexibility index (Phi) is 5.70. The van der Waals surface area contributed by atoms with E-state index in [9.17, 15) is 4.79 Å². The van der Waals surface area contributed by atoms with Crippen LogP contribution >= 0.6 is 23.2 Å². The molecule has 132 valence electrons. The minimum atomic E-state index is 0.0243. The zero-order valence-electron chi connectivity index (χ0n) is 14.2. The summed E-state index contributed by atoms with van der Waals surface area (Å²) in [4.78, 5) is 17.3. The van der Waals surface area contributed by atoms with E-state index in [2.05, 4.69) is 18.7 Å². The van der Waals surface area contributed by atoms with Crippen LogP contribution in [-0.4, -0.2) is 60.1 Å². The van der Waals surface area contributed by atoms with Crippen LogP contribution < -0.4 is 0 Å². The van der Waals surface area contributed by atoms with E-state index in [1.807, 2.05) is 4.90 Å². The van der Waals surface area contributed by atoms with Crippen LogP contribution in [-0.2, 0) is 4.74 Å². The van der Waals surface area contributed by atoms with Crippen molar-refractivity contribution >= 4 is 29.1 Å². The first-order valence-corrected chi connectivity index (χ1v) is 9.33. The second-order valence-corrected chi connectivity index (χ2v) is 7.80. The Labute approximate surface area is 153 Å². The molecule has 2 heterocycles. The first-order valence-electron chi connectivity index (χ1n) is 8.57. The third kappa shape index (κ3) is 4.23. The zero-order chi connectivity index (χ0) is 17.3. The molecule has 3 atom stereocenters. The molecule has 0 radical (unpaired) electrons. The van der Waals surface area contributed by atoms with Gasteiger partial charge in [-0.2, -0.15) is 0 Å². The number of amides is 1. The molecule has 0 spiro atoms. The minimum Gasteiger partial charge on any atom is -0.373 e. The van der Waals surface area contributed by atoms with Gasteiger partial charge in [0.2, 0.25) is 0 Å². The lowest BCUT2D eigenvalue weighted by molar-refractivity contribution is -0.0715. The molecular weight excluding hydrogens is 347 g/mol. The largest absolute Gasteiger partial charge is 0.373 e. The van der Waals surface area contributed by atoms with E-state index < -0.39 is 0 Å². The highest BCUT2D eigenvalue weighted by Crippen LogP contribution is 2.25. The fourth-order valence-electron chi connectivity index (χ4n) is 3.87. The van der Waals surface area contributed by atoms with Crippen LogP contribution in [0.5, 0.6) is 0 Å². The molecule has 1 aromatic carbocycles. The normalized spacial score (nSPS) is 28.3. The van der Waals surface area contributed by atoms with Crippen molar-refractivity contribution < 1.29 is 9.53 Å². The second kappa shape index (κ2) is 7.61. The number of carbonyl (C=O) groups is 1. The predicted octanol–water partition coefficient (Wildman–Crippen LogP) is 3.71. The number of carbonyl (C=O) groups excluding carboxylic acids is 1. The molecule has 0 N–H and O–H groups in total. The van der Waals surface area contributed by atoms with E-state index in [1.54, 1.807) is 18.2 Å². The van der Waals surface area contributed by atoms with Crippen LogP contribution in [0.4, 0.5) is 0 Å². The molecule has 4 nitrogen and oxygen atoms in total. The summed E-state index contributed by atoms with van der Waals surface area (Å²) in [6.45, 7) is 7.75. The Morgan fingerprint density at radius 1 is 1.17 bits per heavy atom. The Morgan fingerprint density at radius 3 is 2.42 bits per heavy atom. The maximum Gasteiger partial charge on any atom is 0.254 e. The van der Waals surface area contributed by atoms with E-state index in [0.29, 0.717) is 15.6 Å². The predicted molar refractivity (Wildman–Crippen MR) is 97.0 cm³/mol. The second-order valence-electron chi connectivity index (χ2n) is 6.93. The number of benzene rings is 1. The van der Waals surface area contributed by atoms with Gasteiger partial charge in [0.25, 0.3) is 5.91 Å². The van der Waals surface area contributed by atoms with Gasteiger partial charge in [-0.1, -0.05) is 23.2 Å². The highest BCUT2D eigenvalue weighted by atomic mass is 35.5. The molecule has 0 aromatic heterocycles. The number of hydrogen-bond acceptors (Lipinski definition) is 3. The summed E-state index contributed by atoms with van der Waals surface area (Å²) in [6.07, 6.45) is 2.57. The molecule has 0 unspecified atom stereocenters. The highest BCUT2D eigenvalue weighted by Gasteiger charge is 2.33. The average molecular weight is 371 g/mol. The number of likely N-dealkylation sites (tertiary alicyclic amines) is 1. The van der Waals surface area contributed by atoms with Gasteiger partial charge >= 0.3 is 0 Å². The Hall–Kier alpha value is -0.810. The van der Waals surface area contributed by atoms with Crippen LogP contribution in [0.1, 0.15) is 37.0 Å². The minimum absolute atomic E-state index is 0.0243. The van der Waals surface area contributed by atoms with Gasteiger partial charge in [-0.25, -0.2) is 0 Å². The molecule has 2 fully saturated rings. The van der Waals surface area contributed by atoms with Crippen molar-refractivity contribution in [3.63, 3.8) is 0 Å². The van der Waals surface area contributed by atoms with Crippen molar-refractivity contribution in [2.75, 3.05) is 26.2 Å². The summed E-state index contributed by atoms with van der Waals surface area (Å²) >= 11 is 12.1. The van der Waals surface area contributed by atoms with Gasteiger partial charge in [0.1, 0.15) is 0 Å². The topological polar surface area (TPSA) is 32.8 Å². The van der Waals surface area contributed by atoms with Gasteiger partial charge in [-0.3, -0.25) is 9.69 Å². The van der Waals surface area contributed by atoms with Crippen LogP contribution in [0.3, 0.4) is 0 Å². The first kappa shape index (κ1) is 18.0. The highest BCUT2D eigenvalue weighted by molar-refractivity contribution is 6.35. The summed E-state index contributed by atoms with van der Waals surface area (Å²) in [7, 11) is 0. The van der Waals surface area contributed by atoms with Gasteiger partial charge in [-0.05, 0) is 44.9 Å². The fourth-order valence-corrected chi connectivity index (χ4v) is 4.39. The zero-order valence-corrected chi connectivity index (χ0v) is 15.7. The van der Waals surface area contributed by atoms with E-state index >= 15 is 0 Å². The van der Waals surface area contributed by atoms with Crippen LogP contribution in [0, 0.1) is 0 Å². The summed E-state index contributed by atoms with van der Waals surface area (Å²) in [5, 5.41) is 0.995. The molecule has 0 bridgehead atoms. The number of hydrogen-bond donors (Lipinski definition) is 0.